The lowest BCUT2D eigenvalue weighted by Crippen LogP contribution is -2.26. The number of carbonyl (C=O) groups is 1. The van der Waals surface area contributed by atoms with Gasteiger partial charge in [-0.2, -0.15) is 5.10 Å². The standard InChI is InChI=1S/C12H21N3O2/c1-8-12(10(3)15(5)13-8)9(2)14(4)7-6-11(16)17/h9H,6-7H2,1-5H3,(H,16,17). The summed E-state index contributed by atoms with van der Waals surface area (Å²) < 4.78 is 1.87. The predicted octanol–water partition coefficient (Wildman–Crippen LogP) is 1.50. The second-order valence-electron chi connectivity index (χ2n) is 4.51. The molecule has 0 spiro atoms. The molecule has 0 amide bonds. The summed E-state index contributed by atoms with van der Waals surface area (Å²) >= 11 is 0. The molecule has 1 atom stereocenters. The first-order valence-electron chi connectivity index (χ1n) is 5.76. The Labute approximate surface area is 102 Å². The van der Waals surface area contributed by atoms with E-state index in [0.717, 1.165) is 11.4 Å². The van der Waals surface area contributed by atoms with Crippen molar-refractivity contribution in [1.82, 2.24) is 14.7 Å². The normalized spacial score (nSPS) is 13.1. The van der Waals surface area contributed by atoms with Crippen molar-refractivity contribution in [2.45, 2.75) is 33.2 Å². The van der Waals surface area contributed by atoms with E-state index in [4.69, 9.17) is 5.11 Å². The van der Waals surface area contributed by atoms with Crippen molar-refractivity contribution >= 4 is 5.97 Å². The van der Waals surface area contributed by atoms with E-state index in [-0.39, 0.29) is 12.5 Å². The number of hydrogen-bond acceptors (Lipinski definition) is 3. The van der Waals surface area contributed by atoms with Gasteiger partial charge in [0.1, 0.15) is 0 Å². The quantitative estimate of drug-likeness (QED) is 0.846. The Morgan fingerprint density at radius 3 is 2.53 bits per heavy atom. The number of aromatic nitrogens is 2. The van der Waals surface area contributed by atoms with E-state index >= 15 is 0 Å². The lowest BCUT2D eigenvalue weighted by molar-refractivity contribution is -0.137. The maximum absolute atomic E-state index is 10.6. The molecule has 1 N–H and O–H groups in total. The van der Waals surface area contributed by atoms with Crippen molar-refractivity contribution in [2.24, 2.45) is 7.05 Å². The first kappa shape index (κ1) is 13.7. The van der Waals surface area contributed by atoms with Gasteiger partial charge < -0.3 is 5.11 Å². The van der Waals surface area contributed by atoms with Crippen LogP contribution in [0.5, 0.6) is 0 Å². The number of nitrogens with zero attached hydrogens (tertiary/aromatic N) is 3. The van der Waals surface area contributed by atoms with E-state index in [2.05, 4.69) is 12.0 Å². The molecule has 0 fully saturated rings. The molecular formula is C12H21N3O2. The van der Waals surface area contributed by atoms with Gasteiger partial charge in [0, 0.05) is 30.9 Å². The lowest BCUT2D eigenvalue weighted by Gasteiger charge is -2.24. The third-order valence-electron chi connectivity index (χ3n) is 3.32. The average Bonchev–Trinajstić information content (AvgIpc) is 2.49. The van der Waals surface area contributed by atoms with Crippen LogP contribution in [0.25, 0.3) is 0 Å². The summed E-state index contributed by atoms with van der Waals surface area (Å²) in [5.74, 6) is -0.760. The molecule has 0 aromatic carbocycles. The van der Waals surface area contributed by atoms with Crippen molar-refractivity contribution in [3.8, 4) is 0 Å². The Kier molecular flexibility index (Phi) is 4.28. The van der Waals surface area contributed by atoms with Gasteiger partial charge in [0.15, 0.2) is 0 Å². The zero-order valence-corrected chi connectivity index (χ0v) is 11.2. The Morgan fingerprint density at radius 1 is 1.53 bits per heavy atom. The molecule has 1 aromatic heterocycles. The van der Waals surface area contributed by atoms with Gasteiger partial charge in [-0.05, 0) is 27.8 Å². The maximum Gasteiger partial charge on any atom is 0.304 e. The van der Waals surface area contributed by atoms with Gasteiger partial charge in [-0.3, -0.25) is 14.4 Å². The van der Waals surface area contributed by atoms with E-state index in [1.807, 2.05) is 37.5 Å². The smallest absolute Gasteiger partial charge is 0.304 e. The summed E-state index contributed by atoms with van der Waals surface area (Å²) in [5, 5.41) is 13.1. The third-order valence-corrected chi connectivity index (χ3v) is 3.32. The van der Waals surface area contributed by atoms with Crippen LogP contribution in [0.3, 0.4) is 0 Å². The Bertz CT molecular complexity index is 412. The summed E-state index contributed by atoms with van der Waals surface area (Å²) in [5.41, 5.74) is 3.34. The highest BCUT2D eigenvalue weighted by Gasteiger charge is 2.20. The van der Waals surface area contributed by atoms with Gasteiger partial charge in [-0.1, -0.05) is 0 Å². The fourth-order valence-corrected chi connectivity index (χ4v) is 2.08. The molecular weight excluding hydrogens is 218 g/mol. The minimum absolute atomic E-state index is 0.166. The zero-order chi connectivity index (χ0) is 13.2. The molecule has 17 heavy (non-hydrogen) atoms. The molecule has 0 aliphatic rings. The minimum Gasteiger partial charge on any atom is -0.481 e. The zero-order valence-electron chi connectivity index (χ0n) is 11.2. The first-order chi connectivity index (χ1) is 7.84. The highest BCUT2D eigenvalue weighted by atomic mass is 16.4. The average molecular weight is 239 g/mol. The van der Waals surface area contributed by atoms with E-state index in [9.17, 15) is 4.79 Å². The summed E-state index contributed by atoms with van der Waals surface area (Å²) in [7, 11) is 3.87. The summed E-state index contributed by atoms with van der Waals surface area (Å²) in [6, 6.07) is 0.183. The van der Waals surface area contributed by atoms with Crippen LogP contribution in [0.15, 0.2) is 0 Å². The molecule has 5 nitrogen and oxygen atoms in total. The SMILES string of the molecule is Cc1nn(C)c(C)c1C(C)N(C)CCC(=O)O. The van der Waals surface area contributed by atoms with E-state index in [1.54, 1.807) is 0 Å². The fraction of sp³-hybridized carbons (Fsp3) is 0.667. The highest BCUT2D eigenvalue weighted by Crippen LogP contribution is 2.25. The minimum atomic E-state index is -0.760. The number of aliphatic carboxylic acids is 1. The monoisotopic (exact) mass is 239 g/mol. The number of rotatable bonds is 5. The molecule has 1 heterocycles. The Hall–Kier alpha value is -1.36. The topological polar surface area (TPSA) is 58.4 Å². The summed E-state index contributed by atoms with van der Waals surface area (Å²) in [4.78, 5) is 12.6. The number of hydrogen-bond donors (Lipinski definition) is 1. The first-order valence-corrected chi connectivity index (χ1v) is 5.76. The van der Waals surface area contributed by atoms with Crippen LogP contribution in [0, 0.1) is 13.8 Å². The molecule has 0 saturated carbocycles. The molecule has 0 aliphatic carbocycles. The van der Waals surface area contributed by atoms with Crippen molar-refractivity contribution in [2.75, 3.05) is 13.6 Å². The molecule has 1 unspecified atom stereocenters. The summed E-state index contributed by atoms with van der Waals surface area (Å²) in [6.45, 7) is 6.66. The van der Waals surface area contributed by atoms with Gasteiger partial charge in [0.25, 0.3) is 0 Å². The van der Waals surface area contributed by atoms with Gasteiger partial charge in [0.05, 0.1) is 12.1 Å². The molecule has 0 saturated heterocycles. The number of carboxylic acids is 1. The van der Waals surface area contributed by atoms with Crippen molar-refractivity contribution in [1.29, 1.82) is 0 Å². The molecule has 1 aromatic rings. The second kappa shape index (κ2) is 5.31. The molecule has 0 bridgehead atoms. The molecule has 96 valence electrons. The van der Waals surface area contributed by atoms with E-state index < -0.39 is 5.97 Å². The van der Waals surface area contributed by atoms with Gasteiger partial charge in [-0.15, -0.1) is 0 Å². The van der Waals surface area contributed by atoms with Crippen LogP contribution in [-0.4, -0.2) is 39.3 Å². The Morgan fingerprint density at radius 2 is 2.12 bits per heavy atom. The van der Waals surface area contributed by atoms with Crippen molar-refractivity contribution in [3.05, 3.63) is 17.0 Å². The molecule has 1 rings (SSSR count). The van der Waals surface area contributed by atoms with Gasteiger partial charge in [-0.25, -0.2) is 0 Å². The molecule has 0 radical (unpaired) electrons. The summed E-state index contributed by atoms with van der Waals surface area (Å²) in [6.07, 6.45) is 0.166. The van der Waals surface area contributed by atoms with Crippen molar-refractivity contribution < 1.29 is 9.90 Å². The van der Waals surface area contributed by atoms with Crippen LogP contribution in [-0.2, 0) is 11.8 Å². The highest BCUT2D eigenvalue weighted by molar-refractivity contribution is 5.66. The van der Waals surface area contributed by atoms with Crippen LogP contribution in [0.4, 0.5) is 0 Å². The molecule has 5 heteroatoms. The van der Waals surface area contributed by atoms with Crippen LogP contribution >= 0.6 is 0 Å². The third kappa shape index (κ3) is 3.06. The maximum atomic E-state index is 10.6. The van der Waals surface area contributed by atoms with Crippen LogP contribution < -0.4 is 0 Å². The molecule has 0 aliphatic heterocycles. The van der Waals surface area contributed by atoms with E-state index in [1.165, 1.54) is 5.56 Å². The van der Waals surface area contributed by atoms with Gasteiger partial charge in [0.2, 0.25) is 0 Å². The predicted molar refractivity (Wildman–Crippen MR) is 66.0 cm³/mol. The van der Waals surface area contributed by atoms with Crippen molar-refractivity contribution in [3.63, 3.8) is 0 Å². The fourth-order valence-electron chi connectivity index (χ4n) is 2.08. The lowest BCUT2D eigenvalue weighted by atomic mass is 10.1. The van der Waals surface area contributed by atoms with Gasteiger partial charge >= 0.3 is 5.97 Å². The second-order valence-corrected chi connectivity index (χ2v) is 4.51. The van der Waals surface area contributed by atoms with Crippen LogP contribution in [0.1, 0.15) is 36.3 Å². The Balaban J connectivity index is 2.81. The van der Waals surface area contributed by atoms with E-state index in [0.29, 0.717) is 6.54 Å². The van der Waals surface area contributed by atoms with Crippen LogP contribution in [0.2, 0.25) is 0 Å². The number of carboxylic acid groups (broad SMARTS) is 1. The number of aryl methyl sites for hydroxylation is 2. The largest absolute Gasteiger partial charge is 0.481 e.